The number of unbranched alkanes of at least 4 members (excludes halogenated alkanes) is 1. The van der Waals surface area contributed by atoms with Crippen molar-refractivity contribution >= 4 is 35.4 Å². The molecule has 206 valence electrons. The van der Waals surface area contributed by atoms with E-state index < -0.39 is 18.1 Å². The maximum Gasteiger partial charge on any atom is 0.305 e. The summed E-state index contributed by atoms with van der Waals surface area (Å²) in [7, 11) is 0. The summed E-state index contributed by atoms with van der Waals surface area (Å²) in [5, 5.41) is 18.4. The number of pyridine rings is 1. The highest BCUT2D eigenvalue weighted by Crippen LogP contribution is 2.24. The zero-order chi connectivity index (χ0) is 27.9. The van der Waals surface area contributed by atoms with E-state index in [9.17, 15) is 19.5 Å². The Hall–Kier alpha value is -3.85. The van der Waals surface area contributed by atoms with Gasteiger partial charge in [-0.25, -0.2) is 4.98 Å². The molecule has 0 aliphatic heterocycles. The summed E-state index contributed by atoms with van der Waals surface area (Å²) in [5.74, 6) is -0.122. The van der Waals surface area contributed by atoms with Crippen LogP contribution < -0.4 is 16.0 Å². The average molecular weight is 549 g/mol. The standard InChI is InChI=1S/C30H36N4O4S/c1-39-20-17-25(33-28(35)12-6-8-19-32-27-11-5-7-18-31-27)30(38)34-26(21-29(36)37)24-15-13-23(14-16-24)22-9-3-2-4-10-22/h2-5,7,9-11,13-16,18,25-26H,6,8,12,17,19-21H2,1H3,(H,31,32)(H,33,35)(H,34,38)(H,36,37)/t25-,26?/m1/s1. The Labute approximate surface area is 234 Å². The molecule has 0 saturated heterocycles. The second kappa shape index (κ2) is 16.2. The van der Waals surface area contributed by atoms with E-state index in [1.54, 1.807) is 18.0 Å². The van der Waals surface area contributed by atoms with Crippen molar-refractivity contribution in [3.8, 4) is 11.1 Å². The number of nitrogens with one attached hydrogen (secondary N) is 3. The number of anilines is 1. The van der Waals surface area contributed by atoms with Gasteiger partial charge in [0.25, 0.3) is 0 Å². The zero-order valence-corrected chi connectivity index (χ0v) is 23.0. The molecule has 2 aromatic carbocycles. The first kappa shape index (κ1) is 29.7. The lowest BCUT2D eigenvalue weighted by Gasteiger charge is -2.23. The molecule has 0 saturated carbocycles. The van der Waals surface area contributed by atoms with E-state index in [2.05, 4.69) is 20.9 Å². The van der Waals surface area contributed by atoms with Gasteiger partial charge in [-0.2, -0.15) is 11.8 Å². The maximum atomic E-state index is 13.2. The molecular formula is C30H36N4O4S. The summed E-state index contributed by atoms with van der Waals surface area (Å²) < 4.78 is 0. The summed E-state index contributed by atoms with van der Waals surface area (Å²) >= 11 is 1.58. The summed E-state index contributed by atoms with van der Waals surface area (Å²) in [6.45, 7) is 0.695. The van der Waals surface area contributed by atoms with E-state index >= 15 is 0 Å². The van der Waals surface area contributed by atoms with Crippen LogP contribution in [0.15, 0.2) is 79.0 Å². The van der Waals surface area contributed by atoms with Crippen molar-refractivity contribution in [3.05, 3.63) is 84.6 Å². The maximum absolute atomic E-state index is 13.2. The number of aliphatic carboxylic acids is 1. The Morgan fingerprint density at radius 3 is 2.28 bits per heavy atom. The molecule has 0 fully saturated rings. The van der Waals surface area contributed by atoms with Crippen LogP contribution in [0.1, 0.15) is 43.7 Å². The normalized spacial score (nSPS) is 12.2. The number of carbonyl (C=O) groups excluding carboxylic acids is 2. The van der Waals surface area contributed by atoms with Crippen LogP contribution in [0.2, 0.25) is 0 Å². The van der Waals surface area contributed by atoms with E-state index in [4.69, 9.17) is 0 Å². The van der Waals surface area contributed by atoms with Crippen LogP contribution in [0.5, 0.6) is 0 Å². The van der Waals surface area contributed by atoms with Crippen molar-refractivity contribution in [3.63, 3.8) is 0 Å². The molecule has 0 radical (unpaired) electrons. The number of thioether (sulfide) groups is 1. The molecule has 39 heavy (non-hydrogen) atoms. The lowest BCUT2D eigenvalue weighted by molar-refractivity contribution is -0.138. The van der Waals surface area contributed by atoms with Gasteiger partial charge in [0, 0.05) is 19.2 Å². The van der Waals surface area contributed by atoms with Crippen LogP contribution in [-0.2, 0) is 14.4 Å². The van der Waals surface area contributed by atoms with E-state index in [-0.39, 0.29) is 18.2 Å². The van der Waals surface area contributed by atoms with Gasteiger partial charge in [0.15, 0.2) is 0 Å². The number of amides is 2. The Kier molecular flexibility index (Phi) is 12.3. The number of carbonyl (C=O) groups is 3. The number of nitrogens with zero attached hydrogens (tertiary/aromatic N) is 1. The monoisotopic (exact) mass is 548 g/mol. The molecule has 2 atom stereocenters. The molecule has 3 rings (SSSR count). The fraction of sp³-hybridized carbons (Fsp3) is 0.333. The molecule has 9 heteroatoms. The van der Waals surface area contributed by atoms with Crippen molar-refractivity contribution in [1.29, 1.82) is 0 Å². The minimum absolute atomic E-state index is 0.198. The second-order valence-corrected chi connectivity index (χ2v) is 10.1. The Bertz CT molecular complexity index is 1180. The third-order valence-corrected chi connectivity index (χ3v) is 6.82. The van der Waals surface area contributed by atoms with Gasteiger partial charge in [-0.05, 0) is 60.1 Å². The average Bonchev–Trinajstić information content (AvgIpc) is 2.95. The third kappa shape index (κ3) is 10.4. The van der Waals surface area contributed by atoms with Gasteiger partial charge < -0.3 is 21.1 Å². The van der Waals surface area contributed by atoms with Crippen LogP contribution in [0.25, 0.3) is 11.1 Å². The Morgan fingerprint density at radius 2 is 1.62 bits per heavy atom. The number of hydrogen-bond donors (Lipinski definition) is 4. The van der Waals surface area contributed by atoms with Gasteiger partial charge in [0.1, 0.15) is 11.9 Å². The number of aromatic nitrogens is 1. The molecule has 4 N–H and O–H groups in total. The van der Waals surface area contributed by atoms with Gasteiger partial charge in [-0.15, -0.1) is 0 Å². The van der Waals surface area contributed by atoms with Crippen molar-refractivity contribution in [2.45, 2.75) is 44.2 Å². The van der Waals surface area contributed by atoms with E-state index in [1.807, 2.05) is 79.1 Å². The molecule has 0 bridgehead atoms. The molecule has 1 heterocycles. The van der Waals surface area contributed by atoms with E-state index in [0.717, 1.165) is 23.4 Å². The van der Waals surface area contributed by atoms with Crippen LogP contribution in [0.4, 0.5) is 5.82 Å². The first-order valence-electron chi connectivity index (χ1n) is 13.1. The molecule has 2 amide bonds. The van der Waals surface area contributed by atoms with E-state index in [1.165, 1.54) is 0 Å². The molecule has 1 aromatic heterocycles. The molecule has 3 aromatic rings. The number of rotatable bonds is 16. The Balaban J connectivity index is 1.56. The first-order valence-corrected chi connectivity index (χ1v) is 14.5. The lowest BCUT2D eigenvalue weighted by atomic mass is 9.98. The molecule has 8 nitrogen and oxygen atoms in total. The zero-order valence-electron chi connectivity index (χ0n) is 22.1. The Morgan fingerprint density at radius 1 is 0.897 bits per heavy atom. The largest absolute Gasteiger partial charge is 0.481 e. The molecular weight excluding hydrogens is 512 g/mol. The van der Waals surface area contributed by atoms with E-state index in [0.29, 0.717) is 37.1 Å². The smallest absolute Gasteiger partial charge is 0.305 e. The SMILES string of the molecule is CSCC[C@@H](NC(=O)CCCCNc1ccccn1)C(=O)NC(CC(=O)O)c1ccc(-c2ccccc2)cc1. The number of carboxylic acid groups (broad SMARTS) is 1. The van der Waals surface area contributed by atoms with Gasteiger partial charge in [0.2, 0.25) is 11.8 Å². The number of hydrogen-bond acceptors (Lipinski definition) is 6. The van der Waals surface area contributed by atoms with Gasteiger partial charge >= 0.3 is 5.97 Å². The highest BCUT2D eigenvalue weighted by molar-refractivity contribution is 7.98. The highest BCUT2D eigenvalue weighted by atomic mass is 32.2. The quantitative estimate of drug-likeness (QED) is 0.188. The summed E-state index contributed by atoms with van der Waals surface area (Å²) in [4.78, 5) is 41.7. The lowest BCUT2D eigenvalue weighted by Crippen LogP contribution is -2.48. The number of benzene rings is 2. The summed E-state index contributed by atoms with van der Waals surface area (Å²) in [6, 6.07) is 21.6. The molecule has 0 aliphatic carbocycles. The predicted molar refractivity (Wildman–Crippen MR) is 157 cm³/mol. The first-order chi connectivity index (χ1) is 19.0. The van der Waals surface area contributed by atoms with Gasteiger partial charge in [-0.1, -0.05) is 60.7 Å². The van der Waals surface area contributed by atoms with Crippen LogP contribution >= 0.6 is 11.8 Å². The minimum Gasteiger partial charge on any atom is -0.481 e. The molecule has 0 aliphatic rings. The number of carboxylic acids is 1. The van der Waals surface area contributed by atoms with Crippen LogP contribution in [0, 0.1) is 0 Å². The van der Waals surface area contributed by atoms with Crippen LogP contribution in [-0.4, -0.2) is 52.5 Å². The predicted octanol–water partition coefficient (Wildman–Crippen LogP) is 4.90. The fourth-order valence-corrected chi connectivity index (χ4v) is 4.57. The van der Waals surface area contributed by atoms with Crippen molar-refractivity contribution in [1.82, 2.24) is 15.6 Å². The van der Waals surface area contributed by atoms with Crippen molar-refractivity contribution in [2.75, 3.05) is 23.9 Å². The minimum atomic E-state index is -1.02. The highest BCUT2D eigenvalue weighted by Gasteiger charge is 2.25. The topological polar surface area (TPSA) is 120 Å². The van der Waals surface area contributed by atoms with Crippen molar-refractivity contribution in [2.24, 2.45) is 0 Å². The van der Waals surface area contributed by atoms with Crippen LogP contribution in [0.3, 0.4) is 0 Å². The summed E-state index contributed by atoms with van der Waals surface area (Å²) in [6.07, 6.45) is 5.59. The van der Waals surface area contributed by atoms with Crippen molar-refractivity contribution < 1.29 is 19.5 Å². The fourth-order valence-electron chi connectivity index (χ4n) is 4.10. The van der Waals surface area contributed by atoms with Gasteiger partial charge in [0.05, 0.1) is 12.5 Å². The molecule has 1 unspecified atom stereocenters. The molecule has 0 spiro atoms. The third-order valence-electron chi connectivity index (χ3n) is 6.18. The second-order valence-electron chi connectivity index (χ2n) is 9.15. The summed E-state index contributed by atoms with van der Waals surface area (Å²) in [5.41, 5.74) is 2.75. The van der Waals surface area contributed by atoms with Gasteiger partial charge in [-0.3, -0.25) is 14.4 Å².